The Kier molecular flexibility index (Phi) is 4.99. The molecule has 0 amide bonds. The van der Waals surface area contributed by atoms with Crippen LogP contribution < -0.4 is 5.32 Å². The number of rotatable bonds is 6. The van der Waals surface area contributed by atoms with E-state index in [1.165, 1.54) is 46.6 Å². The normalized spacial score (nSPS) is 16.0. The maximum Gasteiger partial charge on any atom is 0.176 e. The fourth-order valence-corrected chi connectivity index (χ4v) is 5.47. The van der Waals surface area contributed by atoms with Crippen molar-refractivity contribution in [1.29, 1.82) is 0 Å². The van der Waals surface area contributed by atoms with Gasteiger partial charge in [0.15, 0.2) is 5.82 Å². The van der Waals surface area contributed by atoms with Crippen molar-refractivity contribution in [2.45, 2.75) is 44.1 Å². The molecule has 0 radical (unpaired) electrons. The zero-order valence-corrected chi connectivity index (χ0v) is 19.0. The average molecular weight is 440 g/mol. The summed E-state index contributed by atoms with van der Waals surface area (Å²) in [6.07, 6.45) is 10.9. The summed E-state index contributed by atoms with van der Waals surface area (Å²) in [6, 6.07) is 17.1. The lowest BCUT2D eigenvalue weighted by atomic mass is 9.80. The third-order valence-electron chi connectivity index (χ3n) is 7.25. The molecule has 7 heteroatoms. The van der Waals surface area contributed by atoms with E-state index in [1.807, 2.05) is 4.68 Å². The number of hydrogen-bond acceptors (Lipinski definition) is 4. The first-order chi connectivity index (χ1) is 16.2. The topological polar surface area (TPSA) is 76.3 Å². The summed E-state index contributed by atoms with van der Waals surface area (Å²) < 4.78 is 4.07. The Hall–Kier alpha value is -3.45. The van der Waals surface area contributed by atoms with Gasteiger partial charge in [-0.15, -0.1) is 5.10 Å². The summed E-state index contributed by atoms with van der Waals surface area (Å²) in [7, 11) is 2.07. The van der Waals surface area contributed by atoms with Gasteiger partial charge in [-0.05, 0) is 65.6 Å². The number of nitrogens with one attached hydrogen (secondary N) is 2. The van der Waals surface area contributed by atoms with Crippen molar-refractivity contribution in [2.75, 3.05) is 6.54 Å². The summed E-state index contributed by atoms with van der Waals surface area (Å²) in [5, 5.41) is 19.5. The zero-order chi connectivity index (χ0) is 22.3. The molecule has 1 fully saturated rings. The standard InChI is InChI=1S/C26H29N7/c1-32-16-12-19-17-21(9-10-24(19)32)33-25(29-30-31-33)26(13-5-2-6-14-26)28-15-11-20-18-27-23-8-4-3-7-22(20)23/h3-4,7-10,12,16-18,27-28H,2,5-6,11,13-15H2,1H3. The first-order valence-electron chi connectivity index (χ1n) is 11.9. The first-order valence-corrected chi connectivity index (χ1v) is 11.9. The second-order valence-electron chi connectivity index (χ2n) is 9.26. The van der Waals surface area contributed by atoms with E-state index in [4.69, 9.17) is 0 Å². The Balaban J connectivity index is 1.30. The van der Waals surface area contributed by atoms with E-state index in [1.54, 1.807) is 0 Å². The van der Waals surface area contributed by atoms with E-state index in [9.17, 15) is 0 Å². The number of aromatic nitrogens is 6. The van der Waals surface area contributed by atoms with Crippen molar-refractivity contribution < 1.29 is 0 Å². The maximum atomic E-state index is 4.57. The maximum absolute atomic E-state index is 4.57. The molecule has 1 saturated carbocycles. The number of hydrogen-bond donors (Lipinski definition) is 2. The van der Waals surface area contributed by atoms with Gasteiger partial charge in [-0.25, -0.2) is 0 Å². The number of tetrazole rings is 1. The summed E-state index contributed by atoms with van der Waals surface area (Å²) in [4.78, 5) is 3.39. The van der Waals surface area contributed by atoms with Crippen LogP contribution in [0.1, 0.15) is 43.5 Å². The predicted molar refractivity (Wildman–Crippen MR) is 130 cm³/mol. The molecule has 5 aromatic rings. The molecule has 6 rings (SSSR count). The number of aryl methyl sites for hydroxylation is 1. The van der Waals surface area contributed by atoms with Crippen molar-refractivity contribution >= 4 is 21.8 Å². The van der Waals surface area contributed by atoms with Crippen molar-refractivity contribution in [1.82, 2.24) is 35.1 Å². The van der Waals surface area contributed by atoms with Crippen LogP contribution >= 0.6 is 0 Å². The Morgan fingerprint density at radius 3 is 2.85 bits per heavy atom. The highest BCUT2D eigenvalue weighted by Gasteiger charge is 2.38. The fraction of sp³-hybridized carbons (Fsp3) is 0.346. The van der Waals surface area contributed by atoms with Gasteiger partial charge in [0.1, 0.15) is 0 Å². The van der Waals surface area contributed by atoms with E-state index in [2.05, 4.69) is 98.4 Å². The van der Waals surface area contributed by atoms with Crippen LogP contribution in [0.3, 0.4) is 0 Å². The molecule has 0 atom stereocenters. The minimum absolute atomic E-state index is 0.209. The van der Waals surface area contributed by atoms with Gasteiger partial charge in [0.2, 0.25) is 0 Å². The van der Waals surface area contributed by atoms with Crippen LogP contribution in [-0.2, 0) is 19.0 Å². The van der Waals surface area contributed by atoms with E-state index in [0.717, 1.165) is 37.3 Å². The summed E-state index contributed by atoms with van der Waals surface area (Å²) >= 11 is 0. The minimum Gasteiger partial charge on any atom is -0.361 e. The molecule has 1 aliphatic rings. The van der Waals surface area contributed by atoms with Crippen LogP contribution in [0.4, 0.5) is 0 Å². The largest absolute Gasteiger partial charge is 0.361 e. The monoisotopic (exact) mass is 439 g/mol. The molecule has 0 unspecified atom stereocenters. The van der Waals surface area contributed by atoms with Crippen molar-refractivity contribution in [3.05, 3.63) is 72.3 Å². The van der Waals surface area contributed by atoms with E-state index in [-0.39, 0.29) is 5.54 Å². The van der Waals surface area contributed by atoms with Crippen molar-refractivity contribution in [3.63, 3.8) is 0 Å². The van der Waals surface area contributed by atoms with Crippen LogP contribution in [0, 0.1) is 0 Å². The van der Waals surface area contributed by atoms with Crippen LogP contribution in [0.15, 0.2) is 60.9 Å². The molecule has 1 aliphatic carbocycles. The molecule has 2 aromatic carbocycles. The Morgan fingerprint density at radius 2 is 1.94 bits per heavy atom. The molecule has 0 bridgehead atoms. The zero-order valence-electron chi connectivity index (χ0n) is 19.0. The number of aromatic amines is 1. The van der Waals surface area contributed by atoms with Crippen LogP contribution in [0.5, 0.6) is 0 Å². The molecule has 168 valence electrons. The Morgan fingerprint density at radius 1 is 1.06 bits per heavy atom. The third-order valence-corrected chi connectivity index (χ3v) is 7.25. The van der Waals surface area contributed by atoms with Gasteiger partial charge in [-0.3, -0.25) is 0 Å². The second-order valence-corrected chi connectivity index (χ2v) is 9.26. The quantitative estimate of drug-likeness (QED) is 0.405. The van der Waals surface area contributed by atoms with Crippen molar-refractivity contribution in [3.8, 4) is 5.69 Å². The van der Waals surface area contributed by atoms with Gasteiger partial charge in [-0.1, -0.05) is 37.5 Å². The van der Waals surface area contributed by atoms with Crippen molar-refractivity contribution in [2.24, 2.45) is 7.05 Å². The summed E-state index contributed by atoms with van der Waals surface area (Å²) in [5.41, 5.74) is 4.55. The number of para-hydroxylation sites is 1. The molecule has 0 spiro atoms. The molecule has 3 aromatic heterocycles. The number of H-pyrrole nitrogens is 1. The van der Waals surface area contributed by atoms with Gasteiger partial charge in [0.05, 0.1) is 11.2 Å². The molecule has 33 heavy (non-hydrogen) atoms. The van der Waals surface area contributed by atoms with E-state index >= 15 is 0 Å². The van der Waals surface area contributed by atoms with Gasteiger partial charge < -0.3 is 14.9 Å². The van der Waals surface area contributed by atoms with E-state index in [0.29, 0.717) is 0 Å². The van der Waals surface area contributed by atoms with Gasteiger partial charge in [0.25, 0.3) is 0 Å². The smallest absolute Gasteiger partial charge is 0.176 e. The molecule has 0 saturated heterocycles. The lowest BCUT2D eigenvalue weighted by Gasteiger charge is -2.37. The number of nitrogens with zero attached hydrogens (tertiary/aromatic N) is 5. The lowest BCUT2D eigenvalue weighted by Crippen LogP contribution is -2.47. The van der Waals surface area contributed by atoms with Crippen LogP contribution in [0.2, 0.25) is 0 Å². The van der Waals surface area contributed by atoms with Crippen LogP contribution in [-0.4, -0.2) is 36.3 Å². The van der Waals surface area contributed by atoms with E-state index < -0.39 is 0 Å². The number of benzene rings is 2. The van der Waals surface area contributed by atoms with Gasteiger partial charge in [-0.2, -0.15) is 4.68 Å². The molecule has 3 heterocycles. The highest BCUT2D eigenvalue weighted by Crippen LogP contribution is 2.37. The fourth-order valence-electron chi connectivity index (χ4n) is 5.47. The van der Waals surface area contributed by atoms with Gasteiger partial charge >= 0.3 is 0 Å². The molecule has 2 N–H and O–H groups in total. The lowest BCUT2D eigenvalue weighted by molar-refractivity contribution is 0.217. The highest BCUT2D eigenvalue weighted by atomic mass is 15.6. The Labute approximate surface area is 192 Å². The first kappa shape index (κ1) is 20.2. The number of fused-ring (bicyclic) bond motifs is 2. The van der Waals surface area contributed by atoms with Crippen LogP contribution in [0.25, 0.3) is 27.5 Å². The summed E-state index contributed by atoms with van der Waals surface area (Å²) in [5.74, 6) is 0.927. The second kappa shape index (κ2) is 8.15. The molecule has 0 aliphatic heterocycles. The third kappa shape index (κ3) is 3.53. The SMILES string of the molecule is Cn1ccc2cc(-n3nnnc3C3(NCCc4c[nH]c5ccccc45)CCCCC3)ccc21. The Bertz CT molecular complexity index is 1400. The highest BCUT2D eigenvalue weighted by molar-refractivity contribution is 5.83. The average Bonchev–Trinajstić information content (AvgIpc) is 3.59. The molecule has 7 nitrogen and oxygen atoms in total. The predicted octanol–water partition coefficient (Wildman–Crippen LogP) is 4.63. The van der Waals surface area contributed by atoms with Gasteiger partial charge in [0, 0.05) is 47.8 Å². The molecular formula is C26H29N7. The minimum atomic E-state index is -0.209. The summed E-state index contributed by atoms with van der Waals surface area (Å²) in [6.45, 7) is 0.881. The molecular weight excluding hydrogens is 410 g/mol.